The van der Waals surface area contributed by atoms with Crippen LogP contribution in [0.15, 0.2) is 30.5 Å². The number of anilines is 1. The van der Waals surface area contributed by atoms with Crippen molar-refractivity contribution in [2.45, 2.75) is 73.0 Å². The summed E-state index contributed by atoms with van der Waals surface area (Å²) in [7, 11) is 0. The van der Waals surface area contributed by atoms with Crippen molar-refractivity contribution in [1.29, 1.82) is 0 Å². The molecular weight excluding hydrogens is 388 g/mol. The third kappa shape index (κ3) is 5.45. The van der Waals surface area contributed by atoms with Gasteiger partial charge in [-0.1, -0.05) is 43.7 Å². The highest BCUT2D eigenvalue weighted by molar-refractivity contribution is 5.86. The van der Waals surface area contributed by atoms with Gasteiger partial charge in [0.1, 0.15) is 0 Å². The SMILES string of the molecule is Cc1cccc(-c2cnc(C)c(C(OC(C)(C)C)C(=O)O)c2N2CCC(C)(C)CC2)c1. The number of hydrogen-bond donors (Lipinski definition) is 1. The van der Waals surface area contributed by atoms with Crippen LogP contribution in [-0.4, -0.2) is 34.8 Å². The van der Waals surface area contributed by atoms with Crippen molar-refractivity contribution >= 4 is 11.7 Å². The predicted molar refractivity (Wildman–Crippen MR) is 126 cm³/mol. The first-order valence-electron chi connectivity index (χ1n) is 11.1. The van der Waals surface area contributed by atoms with Gasteiger partial charge in [-0.05, 0) is 58.4 Å². The lowest BCUT2D eigenvalue weighted by Crippen LogP contribution is -2.39. The largest absolute Gasteiger partial charge is 0.479 e. The number of nitrogens with zero attached hydrogens (tertiary/aromatic N) is 2. The number of rotatable bonds is 5. The smallest absolute Gasteiger partial charge is 0.337 e. The van der Waals surface area contributed by atoms with Crippen molar-refractivity contribution in [2.24, 2.45) is 5.41 Å². The number of aliphatic carboxylic acids is 1. The summed E-state index contributed by atoms with van der Waals surface area (Å²) >= 11 is 0. The molecule has 0 radical (unpaired) electrons. The Kier molecular flexibility index (Phi) is 6.47. The van der Waals surface area contributed by atoms with Gasteiger partial charge in [0.25, 0.3) is 0 Å². The van der Waals surface area contributed by atoms with Crippen LogP contribution >= 0.6 is 0 Å². The summed E-state index contributed by atoms with van der Waals surface area (Å²) in [5, 5.41) is 10.2. The quantitative estimate of drug-likeness (QED) is 0.644. The van der Waals surface area contributed by atoms with Crippen molar-refractivity contribution in [3.63, 3.8) is 0 Å². The second-order valence-corrected chi connectivity index (χ2v) is 10.5. The van der Waals surface area contributed by atoms with E-state index in [4.69, 9.17) is 4.74 Å². The maximum atomic E-state index is 12.4. The molecule has 5 nitrogen and oxygen atoms in total. The standard InChI is InChI=1S/C26H36N2O3/c1-17-9-8-10-19(15-17)20-16-27-18(2)21(23(24(29)30)31-25(3,4)5)22(20)28-13-11-26(6,7)12-14-28/h8-10,15-16,23H,11-14H2,1-7H3,(H,29,30). The topological polar surface area (TPSA) is 62.7 Å². The zero-order valence-electron chi connectivity index (χ0n) is 20.0. The van der Waals surface area contributed by atoms with Gasteiger partial charge in [-0.25, -0.2) is 4.79 Å². The first kappa shape index (κ1) is 23.3. The van der Waals surface area contributed by atoms with Crippen molar-refractivity contribution in [3.8, 4) is 11.1 Å². The zero-order chi connectivity index (χ0) is 23.0. The average molecular weight is 425 g/mol. The number of carboxylic acid groups (broad SMARTS) is 1. The molecule has 1 aromatic carbocycles. The van der Waals surface area contributed by atoms with E-state index in [0.29, 0.717) is 11.3 Å². The molecular formula is C26H36N2O3. The summed E-state index contributed by atoms with van der Waals surface area (Å²) < 4.78 is 6.09. The van der Waals surface area contributed by atoms with Crippen molar-refractivity contribution in [1.82, 2.24) is 4.98 Å². The fraction of sp³-hybridized carbons (Fsp3) is 0.538. The first-order valence-corrected chi connectivity index (χ1v) is 11.1. The van der Waals surface area contributed by atoms with Crippen LogP contribution in [0.3, 0.4) is 0 Å². The summed E-state index contributed by atoms with van der Waals surface area (Å²) in [5.41, 5.74) is 5.18. The number of carboxylic acids is 1. The average Bonchev–Trinajstić information content (AvgIpc) is 2.65. The maximum Gasteiger partial charge on any atom is 0.337 e. The molecule has 3 rings (SSSR count). The molecule has 0 spiro atoms. The van der Waals surface area contributed by atoms with Crippen molar-refractivity contribution in [2.75, 3.05) is 18.0 Å². The van der Waals surface area contributed by atoms with Crippen LogP contribution in [0.5, 0.6) is 0 Å². The molecule has 0 amide bonds. The highest BCUT2D eigenvalue weighted by Crippen LogP contribution is 2.43. The van der Waals surface area contributed by atoms with Crippen LogP contribution in [-0.2, 0) is 9.53 Å². The van der Waals surface area contributed by atoms with Gasteiger partial charge in [0, 0.05) is 36.1 Å². The van der Waals surface area contributed by atoms with E-state index in [1.807, 2.05) is 40.0 Å². The number of hydrogen-bond acceptors (Lipinski definition) is 4. The second-order valence-electron chi connectivity index (χ2n) is 10.5. The molecule has 0 bridgehead atoms. The van der Waals surface area contributed by atoms with Gasteiger partial charge >= 0.3 is 5.97 Å². The summed E-state index contributed by atoms with van der Waals surface area (Å²) in [6.07, 6.45) is 2.92. The van der Waals surface area contributed by atoms with E-state index in [9.17, 15) is 9.90 Å². The van der Waals surface area contributed by atoms with E-state index in [0.717, 1.165) is 48.3 Å². The number of carbonyl (C=O) groups is 1. The van der Waals surface area contributed by atoms with Crippen LogP contribution in [0.25, 0.3) is 11.1 Å². The van der Waals surface area contributed by atoms with E-state index in [1.165, 1.54) is 0 Å². The minimum atomic E-state index is -1.08. The Labute approximate surface area is 186 Å². The molecule has 168 valence electrons. The molecule has 1 atom stereocenters. The van der Waals surface area contributed by atoms with Crippen molar-refractivity contribution in [3.05, 3.63) is 47.3 Å². The lowest BCUT2D eigenvalue weighted by Gasteiger charge is -2.41. The number of piperidine rings is 1. The number of pyridine rings is 1. The summed E-state index contributed by atoms with van der Waals surface area (Å²) in [5.74, 6) is -0.986. The Morgan fingerprint density at radius 1 is 1.19 bits per heavy atom. The molecule has 1 fully saturated rings. The minimum Gasteiger partial charge on any atom is -0.479 e. The Balaban J connectivity index is 2.23. The van der Waals surface area contributed by atoms with Gasteiger partial charge in [-0.2, -0.15) is 0 Å². The zero-order valence-corrected chi connectivity index (χ0v) is 20.0. The van der Waals surface area contributed by atoms with E-state index < -0.39 is 17.7 Å². The fourth-order valence-electron chi connectivity index (χ4n) is 4.21. The van der Waals surface area contributed by atoms with Gasteiger partial charge < -0.3 is 14.7 Å². The van der Waals surface area contributed by atoms with Crippen LogP contribution in [0.4, 0.5) is 5.69 Å². The third-order valence-electron chi connectivity index (χ3n) is 6.01. The molecule has 0 aliphatic carbocycles. The molecule has 5 heteroatoms. The molecule has 2 heterocycles. The summed E-state index contributed by atoms with van der Waals surface area (Å²) in [4.78, 5) is 19.4. The minimum absolute atomic E-state index is 0.288. The first-order chi connectivity index (χ1) is 14.4. The van der Waals surface area contributed by atoms with Gasteiger partial charge in [-0.15, -0.1) is 0 Å². The second kappa shape index (κ2) is 8.62. The Morgan fingerprint density at radius 3 is 2.39 bits per heavy atom. The normalized spacial score (nSPS) is 17.5. The van der Waals surface area contributed by atoms with E-state index in [-0.39, 0.29) is 5.41 Å². The van der Waals surface area contributed by atoms with Crippen LogP contribution in [0.1, 0.15) is 70.4 Å². The molecule has 1 aliphatic rings. The van der Waals surface area contributed by atoms with Gasteiger partial charge in [-0.3, -0.25) is 4.98 Å². The van der Waals surface area contributed by atoms with Crippen molar-refractivity contribution < 1.29 is 14.6 Å². The number of ether oxygens (including phenoxy) is 1. The molecule has 1 saturated heterocycles. The number of aryl methyl sites for hydroxylation is 2. The van der Waals surface area contributed by atoms with Crippen LogP contribution < -0.4 is 4.90 Å². The van der Waals surface area contributed by atoms with E-state index in [2.05, 4.69) is 48.9 Å². The highest BCUT2D eigenvalue weighted by atomic mass is 16.5. The maximum absolute atomic E-state index is 12.4. The fourth-order valence-corrected chi connectivity index (χ4v) is 4.21. The predicted octanol–water partition coefficient (Wildman–Crippen LogP) is 5.93. The molecule has 2 aromatic rings. The van der Waals surface area contributed by atoms with E-state index >= 15 is 0 Å². The Hall–Kier alpha value is -2.40. The van der Waals surface area contributed by atoms with Crippen LogP contribution in [0.2, 0.25) is 0 Å². The molecule has 0 saturated carbocycles. The van der Waals surface area contributed by atoms with Gasteiger partial charge in [0.2, 0.25) is 0 Å². The molecule has 1 unspecified atom stereocenters. The van der Waals surface area contributed by atoms with Crippen LogP contribution in [0, 0.1) is 19.3 Å². The monoisotopic (exact) mass is 424 g/mol. The molecule has 31 heavy (non-hydrogen) atoms. The summed E-state index contributed by atoms with van der Waals surface area (Å²) in [6.45, 7) is 16.0. The lowest BCUT2D eigenvalue weighted by molar-refractivity contribution is -0.160. The van der Waals surface area contributed by atoms with E-state index in [1.54, 1.807) is 0 Å². The number of aromatic nitrogens is 1. The molecule has 1 N–H and O–H groups in total. The number of benzene rings is 1. The lowest BCUT2D eigenvalue weighted by atomic mass is 9.82. The molecule has 1 aliphatic heterocycles. The third-order valence-corrected chi connectivity index (χ3v) is 6.01. The van der Waals surface area contributed by atoms with Gasteiger partial charge in [0.15, 0.2) is 6.10 Å². The van der Waals surface area contributed by atoms with Gasteiger partial charge in [0.05, 0.1) is 11.3 Å². The molecule has 1 aromatic heterocycles. The Bertz CT molecular complexity index is 950. The Morgan fingerprint density at radius 2 is 1.84 bits per heavy atom. The summed E-state index contributed by atoms with van der Waals surface area (Å²) in [6, 6.07) is 8.31. The highest BCUT2D eigenvalue weighted by Gasteiger charge is 2.35.